The first-order valence-electron chi connectivity index (χ1n) is 5.16. The number of ether oxygens (including phenoxy) is 1. The Morgan fingerprint density at radius 1 is 1.54 bits per heavy atom. The van der Waals surface area contributed by atoms with Gasteiger partial charge in [0.25, 0.3) is 0 Å². The summed E-state index contributed by atoms with van der Waals surface area (Å²) in [5.74, 6) is 0.411. The predicted molar refractivity (Wildman–Crippen MR) is 51.2 cm³/mol. The molecule has 1 fully saturated rings. The molecule has 0 spiro atoms. The first kappa shape index (κ1) is 10.5. The zero-order valence-electron chi connectivity index (χ0n) is 8.29. The van der Waals surface area contributed by atoms with E-state index in [2.05, 4.69) is 0 Å². The standard InChI is InChI=1S/C10H19NO2/c1-2-13-10(12)9(11)7-8-5-3-4-6-8/h8-9H,2-7,11H2,1H3. The van der Waals surface area contributed by atoms with Crippen LogP contribution in [0.5, 0.6) is 0 Å². The topological polar surface area (TPSA) is 52.3 Å². The average molecular weight is 185 g/mol. The summed E-state index contributed by atoms with van der Waals surface area (Å²) in [6.07, 6.45) is 5.85. The molecule has 1 aliphatic rings. The summed E-state index contributed by atoms with van der Waals surface area (Å²) in [6, 6.07) is -0.400. The summed E-state index contributed by atoms with van der Waals surface area (Å²) in [6.45, 7) is 2.23. The van der Waals surface area contributed by atoms with Crippen LogP contribution >= 0.6 is 0 Å². The van der Waals surface area contributed by atoms with Crippen LogP contribution in [0, 0.1) is 5.92 Å². The molecule has 0 bridgehead atoms. The van der Waals surface area contributed by atoms with Crippen molar-refractivity contribution >= 4 is 5.97 Å². The molecule has 76 valence electrons. The van der Waals surface area contributed by atoms with Crippen LogP contribution in [0.2, 0.25) is 0 Å². The molecule has 0 saturated heterocycles. The van der Waals surface area contributed by atoms with Crippen molar-refractivity contribution in [1.29, 1.82) is 0 Å². The van der Waals surface area contributed by atoms with Gasteiger partial charge < -0.3 is 10.5 Å². The number of nitrogens with two attached hydrogens (primary N) is 1. The molecular weight excluding hydrogens is 166 g/mol. The van der Waals surface area contributed by atoms with Gasteiger partial charge in [-0.3, -0.25) is 4.79 Å². The second-order valence-corrected chi connectivity index (χ2v) is 3.74. The van der Waals surface area contributed by atoms with Crippen molar-refractivity contribution in [3.63, 3.8) is 0 Å². The molecule has 3 nitrogen and oxygen atoms in total. The third-order valence-corrected chi connectivity index (χ3v) is 2.65. The maximum absolute atomic E-state index is 11.2. The molecule has 1 saturated carbocycles. The summed E-state index contributed by atoms with van der Waals surface area (Å²) in [5.41, 5.74) is 5.71. The van der Waals surface area contributed by atoms with Crippen LogP contribution < -0.4 is 5.73 Å². The van der Waals surface area contributed by atoms with Crippen LogP contribution in [0.15, 0.2) is 0 Å². The monoisotopic (exact) mass is 185 g/mol. The lowest BCUT2D eigenvalue weighted by Gasteiger charge is -2.14. The van der Waals surface area contributed by atoms with Gasteiger partial charge in [0.05, 0.1) is 6.61 Å². The van der Waals surface area contributed by atoms with Gasteiger partial charge in [-0.15, -0.1) is 0 Å². The zero-order chi connectivity index (χ0) is 9.68. The normalized spacial score (nSPS) is 20.2. The molecule has 0 aromatic carbocycles. The molecule has 1 rings (SSSR count). The lowest BCUT2D eigenvalue weighted by Crippen LogP contribution is -2.33. The molecule has 0 aliphatic heterocycles. The first-order chi connectivity index (χ1) is 6.24. The SMILES string of the molecule is CCOC(=O)C(N)CC1CCCC1. The maximum atomic E-state index is 11.2. The fourth-order valence-electron chi connectivity index (χ4n) is 1.95. The summed E-state index contributed by atoms with van der Waals surface area (Å²) >= 11 is 0. The minimum absolute atomic E-state index is 0.241. The van der Waals surface area contributed by atoms with E-state index in [0.29, 0.717) is 12.5 Å². The van der Waals surface area contributed by atoms with Crippen LogP contribution in [0.1, 0.15) is 39.0 Å². The molecule has 0 aromatic heterocycles. The van der Waals surface area contributed by atoms with Gasteiger partial charge >= 0.3 is 5.97 Å². The first-order valence-corrected chi connectivity index (χ1v) is 5.16. The summed E-state index contributed by atoms with van der Waals surface area (Å²) < 4.78 is 4.85. The van der Waals surface area contributed by atoms with Crippen molar-refractivity contribution in [3.05, 3.63) is 0 Å². The Labute approximate surface area is 79.6 Å². The molecule has 1 aliphatic carbocycles. The van der Waals surface area contributed by atoms with Crippen molar-refractivity contribution in [3.8, 4) is 0 Å². The van der Waals surface area contributed by atoms with Crippen LogP contribution in [0.3, 0.4) is 0 Å². The van der Waals surface area contributed by atoms with E-state index in [1.807, 2.05) is 0 Å². The number of hydrogen-bond donors (Lipinski definition) is 1. The Morgan fingerprint density at radius 3 is 2.69 bits per heavy atom. The average Bonchev–Trinajstić information content (AvgIpc) is 2.57. The summed E-state index contributed by atoms with van der Waals surface area (Å²) in [7, 11) is 0. The van der Waals surface area contributed by atoms with E-state index >= 15 is 0 Å². The maximum Gasteiger partial charge on any atom is 0.322 e. The number of rotatable bonds is 4. The third kappa shape index (κ3) is 3.35. The zero-order valence-corrected chi connectivity index (χ0v) is 8.29. The highest BCUT2D eigenvalue weighted by Gasteiger charge is 2.22. The fourth-order valence-corrected chi connectivity index (χ4v) is 1.95. The summed E-state index contributed by atoms with van der Waals surface area (Å²) in [5, 5.41) is 0. The van der Waals surface area contributed by atoms with Crippen LogP contribution in [0.4, 0.5) is 0 Å². The molecule has 3 heteroatoms. The highest BCUT2D eigenvalue weighted by Crippen LogP contribution is 2.28. The van der Waals surface area contributed by atoms with Crippen molar-refractivity contribution in [1.82, 2.24) is 0 Å². The van der Waals surface area contributed by atoms with Crippen molar-refractivity contribution in [2.75, 3.05) is 6.61 Å². The van der Waals surface area contributed by atoms with Gasteiger partial charge in [-0.2, -0.15) is 0 Å². The fraction of sp³-hybridized carbons (Fsp3) is 0.900. The van der Waals surface area contributed by atoms with Gasteiger partial charge in [0, 0.05) is 0 Å². The molecule has 1 atom stereocenters. The molecular formula is C10H19NO2. The molecule has 2 N–H and O–H groups in total. The molecule has 0 heterocycles. The van der Waals surface area contributed by atoms with Crippen molar-refractivity contribution in [2.24, 2.45) is 11.7 Å². The minimum atomic E-state index is -0.400. The summed E-state index contributed by atoms with van der Waals surface area (Å²) in [4.78, 5) is 11.2. The Balaban J connectivity index is 2.22. The van der Waals surface area contributed by atoms with Gasteiger partial charge in [0.15, 0.2) is 0 Å². The van der Waals surface area contributed by atoms with Crippen LogP contribution in [-0.4, -0.2) is 18.6 Å². The molecule has 13 heavy (non-hydrogen) atoms. The van der Waals surface area contributed by atoms with Gasteiger partial charge in [-0.1, -0.05) is 25.7 Å². The lowest BCUT2D eigenvalue weighted by molar-refractivity contribution is -0.145. The Morgan fingerprint density at radius 2 is 2.15 bits per heavy atom. The third-order valence-electron chi connectivity index (χ3n) is 2.65. The quantitative estimate of drug-likeness (QED) is 0.674. The van der Waals surface area contributed by atoms with Crippen molar-refractivity contribution < 1.29 is 9.53 Å². The predicted octanol–water partition coefficient (Wildman–Crippen LogP) is 1.46. The number of esters is 1. The Kier molecular flexibility index (Phi) is 4.22. The van der Waals surface area contributed by atoms with Gasteiger partial charge in [0.2, 0.25) is 0 Å². The van der Waals surface area contributed by atoms with Gasteiger partial charge in [-0.05, 0) is 19.3 Å². The second kappa shape index (κ2) is 5.22. The van der Waals surface area contributed by atoms with Gasteiger partial charge in [0.1, 0.15) is 6.04 Å². The molecule has 0 radical (unpaired) electrons. The van der Waals surface area contributed by atoms with E-state index in [0.717, 1.165) is 6.42 Å². The number of carbonyl (C=O) groups excluding carboxylic acids is 1. The minimum Gasteiger partial charge on any atom is -0.465 e. The van der Waals surface area contributed by atoms with E-state index in [-0.39, 0.29) is 5.97 Å². The Bertz CT molecular complexity index is 164. The van der Waals surface area contributed by atoms with Crippen molar-refractivity contribution in [2.45, 2.75) is 45.1 Å². The molecule has 0 aromatic rings. The largest absolute Gasteiger partial charge is 0.465 e. The van der Waals surface area contributed by atoms with E-state index in [1.165, 1.54) is 25.7 Å². The molecule has 1 unspecified atom stereocenters. The van der Waals surface area contributed by atoms with E-state index in [9.17, 15) is 4.79 Å². The highest BCUT2D eigenvalue weighted by atomic mass is 16.5. The second-order valence-electron chi connectivity index (χ2n) is 3.74. The lowest BCUT2D eigenvalue weighted by atomic mass is 9.99. The van der Waals surface area contributed by atoms with Crippen LogP contribution in [-0.2, 0) is 9.53 Å². The number of hydrogen-bond acceptors (Lipinski definition) is 3. The molecule has 0 amide bonds. The van der Waals surface area contributed by atoms with Crippen LogP contribution in [0.25, 0.3) is 0 Å². The van der Waals surface area contributed by atoms with E-state index in [4.69, 9.17) is 10.5 Å². The van der Waals surface area contributed by atoms with E-state index in [1.54, 1.807) is 6.92 Å². The Hall–Kier alpha value is -0.570. The smallest absolute Gasteiger partial charge is 0.322 e. The van der Waals surface area contributed by atoms with Gasteiger partial charge in [-0.25, -0.2) is 0 Å². The van der Waals surface area contributed by atoms with E-state index < -0.39 is 6.04 Å². The number of carbonyl (C=O) groups is 1. The highest BCUT2D eigenvalue weighted by molar-refractivity contribution is 5.75.